The van der Waals surface area contributed by atoms with Crippen LogP contribution >= 0.6 is 0 Å². The van der Waals surface area contributed by atoms with Crippen LogP contribution in [0.5, 0.6) is 5.75 Å². The molecule has 1 atom stereocenters. The van der Waals surface area contributed by atoms with Crippen molar-refractivity contribution in [3.05, 3.63) is 66.7 Å². The van der Waals surface area contributed by atoms with Crippen LogP contribution in [0.4, 0.5) is 21.0 Å². The molecule has 2 N–H and O–H groups in total. The molecule has 34 heavy (non-hydrogen) atoms. The summed E-state index contributed by atoms with van der Waals surface area (Å²) in [5.41, 5.74) is 1.20. The highest BCUT2D eigenvalue weighted by Gasteiger charge is 2.25. The van der Waals surface area contributed by atoms with Crippen molar-refractivity contribution in [2.24, 2.45) is 0 Å². The summed E-state index contributed by atoms with van der Waals surface area (Å²) >= 11 is 0. The largest absolute Gasteiger partial charge is 0.490 e. The standard InChI is InChI=1S/C26H29N3O5/c1-18(2)29(16-22(30)17-34-24-12-5-8-19-7-3-4-11-23(19)24)25(31)27-20-9-6-10-21(15-20)28-13-14-33-26(28)32/h3-12,15,18,22,30H,13-14,16-17H2,1-2H3,(H,27,31). The average molecular weight is 464 g/mol. The van der Waals surface area contributed by atoms with Gasteiger partial charge >= 0.3 is 12.1 Å². The van der Waals surface area contributed by atoms with Crippen LogP contribution < -0.4 is 15.0 Å². The van der Waals surface area contributed by atoms with Gasteiger partial charge in [0.15, 0.2) is 0 Å². The molecular weight excluding hydrogens is 434 g/mol. The van der Waals surface area contributed by atoms with E-state index in [1.165, 1.54) is 4.90 Å². The van der Waals surface area contributed by atoms with E-state index in [2.05, 4.69) is 5.32 Å². The molecule has 8 heteroatoms. The van der Waals surface area contributed by atoms with Crippen LogP contribution in [0.1, 0.15) is 13.8 Å². The number of nitrogens with one attached hydrogen (secondary N) is 1. The highest BCUT2D eigenvalue weighted by molar-refractivity contribution is 5.93. The van der Waals surface area contributed by atoms with Gasteiger partial charge in [0, 0.05) is 22.8 Å². The van der Waals surface area contributed by atoms with Gasteiger partial charge < -0.3 is 24.8 Å². The Morgan fingerprint density at radius 2 is 1.91 bits per heavy atom. The van der Waals surface area contributed by atoms with Crippen molar-refractivity contribution in [3.8, 4) is 5.75 Å². The lowest BCUT2D eigenvalue weighted by Gasteiger charge is -2.29. The number of rotatable bonds is 8. The Morgan fingerprint density at radius 1 is 1.15 bits per heavy atom. The highest BCUT2D eigenvalue weighted by atomic mass is 16.6. The van der Waals surface area contributed by atoms with Crippen molar-refractivity contribution in [2.75, 3.05) is 36.5 Å². The maximum atomic E-state index is 13.0. The third-order valence-electron chi connectivity index (χ3n) is 5.64. The number of nitrogens with zero attached hydrogens (tertiary/aromatic N) is 2. The molecule has 0 saturated carbocycles. The molecule has 0 radical (unpaired) electrons. The first kappa shape index (κ1) is 23.4. The van der Waals surface area contributed by atoms with Crippen molar-refractivity contribution in [3.63, 3.8) is 0 Å². The SMILES string of the molecule is CC(C)N(CC(O)COc1cccc2ccccc12)C(=O)Nc1cccc(N2CCOC2=O)c1. The number of anilines is 2. The zero-order chi connectivity index (χ0) is 24.1. The maximum absolute atomic E-state index is 13.0. The molecule has 3 amide bonds. The van der Waals surface area contributed by atoms with E-state index in [9.17, 15) is 14.7 Å². The number of aliphatic hydroxyl groups excluding tert-OH is 1. The van der Waals surface area contributed by atoms with Crippen molar-refractivity contribution in [1.82, 2.24) is 4.90 Å². The molecule has 1 heterocycles. The predicted molar refractivity (Wildman–Crippen MR) is 131 cm³/mol. The Bertz CT molecular complexity index is 1160. The molecule has 1 saturated heterocycles. The van der Waals surface area contributed by atoms with Crippen LogP contribution in [-0.2, 0) is 4.74 Å². The summed E-state index contributed by atoms with van der Waals surface area (Å²) in [6.07, 6.45) is -1.28. The molecule has 1 unspecified atom stereocenters. The molecule has 1 aliphatic heterocycles. The van der Waals surface area contributed by atoms with Crippen LogP contribution in [0, 0.1) is 0 Å². The summed E-state index contributed by atoms with van der Waals surface area (Å²) in [7, 11) is 0. The van der Waals surface area contributed by atoms with Gasteiger partial charge in [-0.05, 0) is 43.5 Å². The smallest absolute Gasteiger partial charge is 0.414 e. The molecule has 1 fully saturated rings. The number of urea groups is 1. The molecule has 1 aliphatic rings. The van der Waals surface area contributed by atoms with Gasteiger partial charge in [0.25, 0.3) is 0 Å². The van der Waals surface area contributed by atoms with Crippen LogP contribution in [0.2, 0.25) is 0 Å². The van der Waals surface area contributed by atoms with Crippen LogP contribution in [0.25, 0.3) is 10.8 Å². The number of cyclic esters (lactones) is 1. The fourth-order valence-electron chi connectivity index (χ4n) is 3.89. The fraction of sp³-hybridized carbons (Fsp3) is 0.308. The molecule has 0 bridgehead atoms. The monoisotopic (exact) mass is 463 g/mol. The third-order valence-corrected chi connectivity index (χ3v) is 5.64. The molecule has 3 aromatic rings. The Hall–Kier alpha value is -3.78. The second kappa shape index (κ2) is 10.4. The van der Waals surface area contributed by atoms with E-state index < -0.39 is 12.2 Å². The zero-order valence-corrected chi connectivity index (χ0v) is 19.3. The summed E-state index contributed by atoms with van der Waals surface area (Å²) < 4.78 is 10.9. The summed E-state index contributed by atoms with van der Waals surface area (Å²) in [4.78, 5) is 27.9. The van der Waals surface area contributed by atoms with E-state index in [-0.39, 0.29) is 25.2 Å². The molecular formula is C26H29N3O5. The van der Waals surface area contributed by atoms with E-state index in [1.54, 1.807) is 29.2 Å². The van der Waals surface area contributed by atoms with E-state index in [0.29, 0.717) is 30.3 Å². The maximum Gasteiger partial charge on any atom is 0.414 e. The van der Waals surface area contributed by atoms with E-state index in [1.807, 2.05) is 56.3 Å². The second-order valence-electron chi connectivity index (χ2n) is 8.43. The topological polar surface area (TPSA) is 91.3 Å². The van der Waals surface area contributed by atoms with Gasteiger partial charge in [0.2, 0.25) is 0 Å². The highest BCUT2D eigenvalue weighted by Crippen LogP contribution is 2.26. The summed E-state index contributed by atoms with van der Waals surface area (Å²) in [6, 6.07) is 20.2. The van der Waals surface area contributed by atoms with Gasteiger partial charge in [-0.1, -0.05) is 42.5 Å². The first-order valence-electron chi connectivity index (χ1n) is 11.3. The van der Waals surface area contributed by atoms with E-state index in [0.717, 1.165) is 10.8 Å². The molecule has 178 valence electrons. The first-order valence-corrected chi connectivity index (χ1v) is 11.3. The Morgan fingerprint density at radius 3 is 2.68 bits per heavy atom. The van der Waals surface area contributed by atoms with Crippen LogP contribution in [0.15, 0.2) is 66.7 Å². The lowest BCUT2D eigenvalue weighted by molar-refractivity contribution is 0.0722. The number of benzene rings is 3. The number of fused-ring (bicyclic) bond motifs is 1. The van der Waals surface area contributed by atoms with Crippen molar-refractivity contribution >= 4 is 34.3 Å². The summed E-state index contributed by atoms with van der Waals surface area (Å²) in [5, 5.41) is 15.5. The lowest BCUT2D eigenvalue weighted by atomic mass is 10.1. The van der Waals surface area contributed by atoms with Gasteiger partial charge in [-0.25, -0.2) is 9.59 Å². The summed E-state index contributed by atoms with van der Waals surface area (Å²) in [5.74, 6) is 0.690. The van der Waals surface area contributed by atoms with Crippen molar-refractivity contribution < 1.29 is 24.2 Å². The van der Waals surface area contributed by atoms with Crippen molar-refractivity contribution in [1.29, 1.82) is 0 Å². The summed E-state index contributed by atoms with van der Waals surface area (Å²) in [6.45, 7) is 4.74. The van der Waals surface area contributed by atoms with Gasteiger partial charge in [-0.3, -0.25) is 4.90 Å². The second-order valence-corrected chi connectivity index (χ2v) is 8.43. The molecule has 4 rings (SSSR count). The number of hydrogen-bond donors (Lipinski definition) is 2. The molecule has 8 nitrogen and oxygen atoms in total. The number of carbonyl (C=O) groups excluding carboxylic acids is 2. The normalized spacial score (nSPS) is 14.2. The number of amides is 3. The number of carbonyl (C=O) groups is 2. The Balaban J connectivity index is 1.38. The third kappa shape index (κ3) is 5.40. The van der Waals surface area contributed by atoms with E-state index >= 15 is 0 Å². The number of ether oxygens (including phenoxy) is 2. The van der Waals surface area contributed by atoms with Gasteiger partial charge in [0.05, 0.1) is 13.1 Å². The van der Waals surface area contributed by atoms with Crippen LogP contribution in [0.3, 0.4) is 0 Å². The molecule has 0 spiro atoms. The average Bonchev–Trinajstić information content (AvgIpc) is 3.27. The zero-order valence-electron chi connectivity index (χ0n) is 19.3. The van der Waals surface area contributed by atoms with Crippen LogP contribution in [-0.4, -0.2) is 60.6 Å². The lowest BCUT2D eigenvalue weighted by Crippen LogP contribution is -2.45. The Kier molecular flexibility index (Phi) is 7.18. The minimum atomic E-state index is -0.877. The van der Waals surface area contributed by atoms with E-state index in [4.69, 9.17) is 9.47 Å². The van der Waals surface area contributed by atoms with Gasteiger partial charge in [0.1, 0.15) is 25.1 Å². The minimum absolute atomic E-state index is 0.0526. The molecule has 0 aromatic heterocycles. The fourth-order valence-corrected chi connectivity index (χ4v) is 3.89. The Labute approximate surface area is 198 Å². The van der Waals surface area contributed by atoms with Crippen molar-refractivity contribution in [2.45, 2.75) is 26.0 Å². The first-order chi connectivity index (χ1) is 16.4. The minimum Gasteiger partial charge on any atom is -0.490 e. The molecule has 3 aromatic carbocycles. The number of aliphatic hydroxyl groups is 1. The number of hydrogen-bond acceptors (Lipinski definition) is 5. The quantitative estimate of drug-likeness (QED) is 0.514. The van der Waals surface area contributed by atoms with Gasteiger partial charge in [-0.15, -0.1) is 0 Å². The predicted octanol–water partition coefficient (Wildman–Crippen LogP) is 4.48. The molecule has 0 aliphatic carbocycles. The van der Waals surface area contributed by atoms with Gasteiger partial charge in [-0.2, -0.15) is 0 Å².